The number of nitrogens with one attached hydrogen (secondary N) is 1. The van der Waals surface area contributed by atoms with Crippen LogP contribution in [-0.4, -0.2) is 60.6 Å². The third-order valence-electron chi connectivity index (χ3n) is 4.87. The fourth-order valence-electron chi connectivity index (χ4n) is 3.44. The highest BCUT2D eigenvalue weighted by atomic mass is 19.4. The van der Waals surface area contributed by atoms with E-state index >= 15 is 0 Å². The topological polar surface area (TPSA) is 105 Å². The fraction of sp³-hybridized carbons (Fsp3) is 0.286. The molecule has 0 aromatic heterocycles. The zero-order chi connectivity index (χ0) is 23.5. The van der Waals surface area contributed by atoms with Gasteiger partial charge in [0.1, 0.15) is 6.61 Å². The van der Waals surface area contributed by atoms with E-state index in [1.165, 1.54) is 5.32 Å². The molecule has 0 saturated carbocycles. The number of carbonyl (C=O) groups is 3. The van der Waals surface area contributed by atoms with Gasteiger partial charge in [-0.05, 0) is 22.3 Å². The number of nitrogens with zero attached hydrogens (tertiary/aromatic N) is 1. The lowest BCUT2D eigenvalue weighted by Gasteiger charge is -2.25. The second-order valence-corrected chi connectivity index (χ2v) is 6.95. The number of amides is 2. The van der Waals surface area contributed by atoms with E-state index in [9.17, 15) is 27.6 Å². The van der Waals surface area contributed by atoms with Crippen molar-refractivity contribution in [3.8, 4) is 11.1 Å². The molecule has 1 aliphatic carbocycles. The second-order valence-electron chi connectivity index (χ2n) is 6.95. The largest absolute Gasteiger partial charge is 0.479 e. The Labute approximate surface area is 180 Å². The number of fused-ring (bicyclic) bond motifs is 3. The lowest BCUT2D eigenvalue weighted by molar-refractivity contribution is -0.206. The standard InChI is InChI=1S/C21H19F3N2O6/c1-26(32-11-17(27)28)19(29)18(21(22,23)24)25-20(30)31-10-16-14-8-4-2-6-12(14)13-7-3-5-9-15(13)16/h2-9,16,18H,10-11H2,1H3,(H,25,30)(H,27,28). The van der Waals surface area contributed by atoms with Crippen LogP contribution in [-0.2, 0) is 19.2 Å². The first-order valence-corrected chi connectivity index (χ1v) is 9.40. The van der Waals surface area contributed by atoms with Crippen LogP contribution in [0.15, 0.2) is 48.5 Å². The van der Waals surface area contributed by atoms with E-state index in [4.69, 9.17) is 9.84 Å². The lowest BCUT2D eigenvalue weighted by Crippen LogP contribution is -2.55. The molecule has 2 amide bonds. The second kappa shape index (κ2) is 9.27. The summed E-state index contributed by atoms with van der Waals surface area (Å²) in [7, 11) is 0.809. The molecule has 1 aliphatic rings. The normalized spacial score (nSPS) is 13.6. The van der Waals surface area contributed by atoms with Crippen LogP contribution in [0.4, 0.5) is 18.0 Å². The summed E-state index contributed by atoms with van der Waals surface area (Å²) in [6, 6.07) is 11.8. The van der Waals surface area contributed by atoms with Crippen LogP contribution >= 0.6 is 0 Å². The molecule has 170 valence electrons. The number of aliphatic carboxylic acids is 1. The predicted molar refractivity (Wildman–Crippen MR) is 104 cm³/mol. The molecule has 0 radical (unpaired) electrons. The Balaban J connectivity index is 1.68. The van der Waals surface area contributed by atoms with Crippen LogP contribution in [0.1, 0.15) is 17.0 Å². The molecule has 2 N–H and O–H groups in total. The quantitative estimate of drug-likeness (QED) is 0.626. The number of carboxylic acids is 1. The van der Waals surface area contributed by atoms with Gasteiger partial charge in [0.25, 0.3) is 5.91 Å². The van der Waals surface area contributed by atoms with Crippen LogP contribution in [0.3, 0.4) is 0 Å². The molecule has 0 heterocycles. The summed E-state index contributed by atoms with van der Waals surface area (Å²) >= 11 is 0. The van der Waals surface area contributed by atoms with Crippen molar-refractivity contribution in [3.05, 3.63) is 59.7 Å². The fourth-order valence-corrected chi connectivity index (χ4v) is 3.44. The van der Waals surface area contributed by atoms with Crippen LogP contribution < -0.4 is 5.32 Å². The first-order chi connectivity index (χ1) is 15.1. The van der Waals surface area contributed by atoms with Gasteiger partial charge in [-0.1, -0.05) is 48.5 Å². The van der Waals surface area contributed by atoms with E-state index in [2.05, 4.69) is 4.84 Å². The Kier molecular flexibility index (Phi) is 6.68. The van der Waals surface area contributed by atoms with Gasteiger partial charge in [-0.15, -0.1) is 0 Å². The Hall–Kier alpha value is -3.60. The van der Waals surface area contributed by atoms with Crippen molar-refractivity contribution in [2.24, 2.45) is 0 Å². The van der Waals surface area contributed by atoms with Crippen LogP contribution in [0.25, 0.3) is 11.1 Å². The van der Waals surface area contributed by atoms with Crippen molar-refractivity contribution < 1.29 is 42.2 Å². The molecular formula is C21H19F3N2O6. The smallest absolute Gasteiger partial charge is 0.417 e. The molecule has 2 aromatic rings. The average molecular weight is 452 g/mol. The highest BCUT2D eigenvalue weighted by Gasteiger charge is 2.48. The summed E-state index contributed by atoms with van der Waals surface area (Å²) in [5, 5.41) is 10.1. The van der Waals surface area contributed by atoms with Crippen LogP contribution in [0, 0.1) is 0 Å². The molecule has 0 fully saturated rings. The first kappa shape index (κ1) is 23.1. The third kappa shape index (κ3) is 4.99. The number of halogens is 3. The lowest BCUT2D eigenvalue weighted by atomic mass is 9.98. The van der Waals surface area contributed by atoms with E-state index in [1.54, 1.807) is 0 Å². The van der Waals surface area contributed by atoms with Gasteiger partial charge in [-0.25, -0.2) is 14.7 Å². The number of rotatable bonds is 7. The summed E-state index contributed by atoms with van der Waals surface area (Å²) in [4.78, 5) is 39.1. The van der Waals surface area contributed by atoms with Gasteiger partial charge < -0.3 is 15.2 Å². The van der Waals surface area contributed by atoms with E-state index < -0.39 is 36.8 Å². The van der Waals surface area contributed by atoms with Gasteiger partial charge in [-0.3, -0.25) is 9.63 Å². The SMILES string of the molecule is CN(OCC(=O)O)C(=O)C(NC(=O)OCC1c2ccccc2-c2ccccc21)C(F)(F)F. The molecule has 32 heavy (non-hydrogen) atoms. The van der Waals surface area contributed by atoms with Crippen molar-refractivity contribution in [1.29, 1.82) is 0 Å². The summed E-state index contributed by atoms with van der Waals surface area (Å²) in [5.41, 5.74) is 3.62. The zero-order valence-corrected chi connectivity index (χ0v) is 16.8. The van der Waals surface area contributed by atoms with Crippen molar-refractivity contribution in [1.82, 2.24) is 10.4 Å². The molecule has 0 aliphatic heterocycles. The summed E-state index contributed by atoms with van der Waals surface area (Å²) in [6.45, 7) is -1.28. The maximum Gasteiger partial charge on any atom is 0.417 e. The number of alkyl halides is 3. The Morgan fingerprint density at radius 3 is 2.09 bits per heavy atom. The molecule has 2 aromatic carbocycles. The summed E-state index contributed by atoms with van der Waals surface area (Å²) < 4.78 is 45.0. The number of hydroxylamine groups is 2. The Morgan fingerprint density at radius 1 is 1.06 bits per heavy atom. The first-order valence-electron chi connectivity index (χ1n) is 9.40. The maximum atomic E-state index is 13.3. The van der Waals surface area contributed by atoms with Gasteiger partial charge in [0.2, 0.25) is 6.04 Å². The Morgan fingerprint density at radius 2 is 1.59 bits per heavy atom. The summed E-state index contributed by atoms with van der Waals surface area (Å²) in [6.07, 6.45) is -6.61. The van der Waals surface area contributed by atoms with Gasteiger partial charge in [-0.2, -0.15) is 13.2 Å². The number of ether oxygens (including phenoxy) is 1. The predicted octanol–water partition coefficient (Wildman–Crippen LogP) is 2.93. The number of carbonyl (C=O) groups excluding carboxylic acids is 2. The van der Waals surface area contributed by atoms with E-state index in [0.717, 1.165) is 29.3 Å². The number of hydrogen-bond acceptors (Lipinski definition) is 5. The molecule has 8 nitrogen and oxygen atoms in total. The molecule has 3 rings (SSSR count). The molecule has 0 bridgehead atoms. The minimum Gasteiger partial charge on any atom is -0.479 e. The maximum absolute atomic E-state index is 13.3. The molecule has 0 spiro atoms. The number of likely N-dealkylation sites (N-methyl/N-ethyl adjacent to an activating group) is 1. The van der Waals surface area contributed by atoms with Gasteiger partial charge in [0.15, 0.2) is 6.61 Å². The van der Waals surface area contributed by atoms with Crippen molar-refractivity contribution in [2.45, 2.75) is 18.1 Å². The van der Waals surface area contributed by atoms with Crippen molar-refractivity contribution >= 4 is 18.0 Å². The third-order valence-corrected chi connectivity index (χ3v) is 4.87. The van der Waals surface area contributed by atoms with E-state index in [-0.39, 0.29) is 17.6 Å². The van der Waals surface area contributed by atoms with Gasteiger partial charge >= 0.3 is 18.2 Å². The highest BCUT2D eigenvalue weighted by molar-refractivity contribution is 5.86. The van der Waals surface area contributed by atoms with Crippen LogP contribution in [0.2, 0.25) is 0 Å². The summed E-state index contributed by atoms with van der Waals surface area (Å²) in [5.74, 6) is -3.57. The molecule has 0 saturated heterocycles. The van der Waals surface area contributed by atoms with Gasteiger partial charge in [0.05, 0.1) is 0 Å². The number of carboxylic acid groups (broad SMARTS) is 1. The number of benzene rings is 2. The van der Waals surface area contributed by atoms with Crippen molar-refractivity contribution in [2.75, 3.05) is 20.3 Å². The number of alkyl carbamates (subject to hydrolysis) is 1. The molecule has 1 unspecified atom stereocenters. The van der Waals surface area contributed by atoms with E-state index in [1.807, 2.05) is 48.5 Å². The van der Waals surface area contributed by atoms with Crippen molar-refractivity contribution in [3.63, 3.8) is 0 Å². The Bertz CT molecular complexity index is 981. The zero-order valence-electron chi connectivity index (χ0n) is 16.8. The minimum atomic E-state index is -5.16. The highest BCUT2D eigenvalue weighted by Crippen LogP contribution is 2.44. The average Bonchev–Trinajstić information content (AvgIpc) is 3.07. The molecule has 1 atom stereocenters. The van der Waals surface area contributed by atoms with Crippen LogP contribution in [0.5, 0.6) is 0 Å². The molecule has 11 heteroatoms. The van der Waals surface area contributed by atoms with Gasteiger partial charge in [0, 0.05) is 13.0 Å². The number of hydrogen-bond donors (Lipinski definition) is 2. The minimum absolute atomic E-state index is 0.107. The monoisotopic (exact) mass is 452 g/mol. The van der Waals surface area contributed by atoms with E-state index in [0.29, 0.717) is 0 Å². The molecular weight excluding hydrogens is 433 g/mol.